The van der Waals surface area contributed by atoms with E-state index in [1.54, 1.807) is 0 Å². The molecule has 0 aromatic heterocycles. The van der Waals surface area contributed by atoms with Gasteiger partial charge in [0.05, 0.1) is 6.04 Å². The van der Waals surface area contributed by atoms with Gasteiger partial charge in [-0.05, 0) is 45.8 Å². The van der Waals surface area contributed by atoms with Crippen LogP contribution < -0.4 is 5.73 Å². The molecule has 2 N–H and O–H groups in total. The monoisotopic (exact) mass is 184 g/mol. The van der Waals surface area contributed by atoms with E-state index in [0.29, 0.717) is 12.3 Å². The number of nitrogens with zero attached hydrogens (tertiary/aromatic N) is 1. The van der Waals surface area contributed by atoms with Crippen LogP contribution in [-0.2, 0) is 4.79 Å². The Balaban J connectivity index is 2.09. The van der Waals surface area contributed by atoms with Gasteiger partial charge in [-0.2, -0.15) is 0 Å². The average Bonchev–Trinajstić information content (AvgIpc) is 2.84. The van der Waals surface area contributed by atoms with Crippen molar-refractivity contribution < 1.29 is 4.79 Å². The number of hydrogen-bond acceptors (Lipinski definition) is 3. The zero-order valence-electron chi connectivity index (χ0n) is 8.62. The maximum atomic E-state index is 11.5. The molecule has 0 aliphatic heterocycles. The molecule has 3 heteroatoms. The van der Waals surface area contributed by atoms with Crippen molar-refractivity contribution >= 4 is 5.78 Å². The van der Waals surface area contributed by atoms with E-state index in [1.807, 2.05) is 14.1 Å². The van der Waals surface area contributed by atoms with E-state index in [0.717, 1.165) is 25.8 Å². The van der Waals surface area contributed by atoms with E-state index >= 15 is 0 Å². The van der Waals surface area contributed by atoms with Crippen molar-refractivity contribution in [3.63, 3.8) is 0 Å². The molecule has 0 radical (unpaired) electrons. The number of nitrogens with two attached hydrogens (primary N) is 1. The molecule has 0 heterocycles. The fraction of sp³-hybridized carbons (Fsp3) is 0.900. The number of ketones is 1. The molecule has 3 nitrogen and oxygen atoms in total. The topological polar surface area (TPSA) is 46.3 Å². The van der Waals surface area contributed by atoms with Crippen LogP contribution in [0.4, 0.5) is 0 Å². The molecule has 1 aliphatic carbocycles. The van der Waals surface area contributed by atoms with Gasteiger partial charge < -0.3 is 10.6 Å². The van der Waals surface area contributed by atoms with Gasteiger partial charge in [-0.3, -0.25) is 4.79 Å². The largest absolute Gasteiger partial charge is 0.321 e. The molecular formula is C10H20N2O. The van der Waals surface area contributed by atoms with E-state index in [-0.39, 0.29) is 11.8 Å². The highest BCUT2D eigenvalue weighted by molar-refractivity contribution is 5.84. The van der Waals surface area contributed by atoms with E-state index in [1.165, 1.54) is 0 Å². The quantitative estimate of drug-likeness (QED) is 0.658. The van der Waals surface area contributed by atoms with Crippen LogP contribution in [0.3, 0.4) is 0 Å². The number of hydrogen-bond donors (Lipinski definition) is 1. The Morgan fingerprint density at radius 1 is 1.54 bits per heavy atom. The summed E-state index contributed by atoms with van der Waals surface area (Å²) >= 11 is 0. The second-order valence-corrected chi connectivity index (χ2v) is 4.24. The van der Waals surface area contributed by atoms with Crippen LogP contribution in [0.1, 0.15) is 25.7 Å². The number of Topliss-reactive ketones (excluding diaryl/α,β-unsaturated/α-hetero) is 1. The standard InChI is InChI=1S/C10H20N2O/c1-12(2)7-3-4-9(13)10(11)8-5-6-8/h8,10H,3-7,11H2,1-2H3/t10-/m0/s1. The van der Waals surface area contributed by atoms with Gasteiger partial charge in [0, 0.05) is 6.42 Å². The lowest BCUT2D eigenvalue weighted by molar-refractivity contribution is -0.120. The summed E-state index contributed by atoms with van der Waals surface area (Å²) in [6, 6.07) is -0.165. The molecule has 1 atom stereocenters. The molecule has 1 aliphatic rings. The van der Waals surface area contributed by atoms with Crippen molar-refractivity contribution in [2.45, 2.75) is 31.7 Å². The first-order chi connectivity index (χ1) is 6.11. The lowest BCUT2D eigenvalue weighted by Gasteiger charge is -2.11. The van der Waals surface area contributed by atoms with Gasteiger partial charge in [0.1, 0.15) is 5.78 Å². The predicted molar refractivity (Wildman–Crippen MR) is 53.5 cm³/mol. The fourth-order valence-corrected chi connectivity index (χ4v) is 1.45. The third kappa shape index (κ3) is 3.87. The lowest BCUT2D eigenvalue weighted by atomic mass is 10.0. The minimum Gasteiger partial charge on any atom is -0.321 e. The van der Waals surface area contributed by atoms with E-state index < -0.39 is 0 Å². The summed E-state index contributed by atoms with van der Waals surface area (Å²) < 4.78 is 0. The summed E-state index contributed by atoms with van der Waals surface area (Å²) in [6.07, 6.45) is 3.89. The Labute approximate surface area is 80.3 Å². The Morgan fingerprint density at radius 3 is 2.62 bits per heavy atom. The van der Waals surface area contributed by atoms with Gasteiger partial charge in [0.2, 0.25) is 0 Å². The van der Waals surface area contributed by atoms with Gasteiger partial charge in [0.25, 0.3) is 0 Å². The van der Waals surface area contributed by atoms with Crippen LogP contribution in [-0.4, -0.2) is 37.4 Å². The van der Waals surface area contributed by atoms with Crippen molar-refractivity contribution in [1.29, 1.82) is 0 Å². The molecule has 1 saturated carbocycles. The summed E-state index contributed by atoms with van der Waals surface area (Å²) in [5, 5.41) is 0. The highest BCUT2D eigenvalue weighted by atomic mass is 16.1. The average molecular weight is 184 g/mol. The molecule has 0 aromatic rings. The number of carbonyl (C=O) groups is 1. The summed E-state index contributed by atoms with van der Waals surface area (Å²) in [6.45, 7) is 0.975. The van der Waals surface area contributed by atoms with Crippen molar-refractivity contribution in [1.82, 2.24) is 4.90 Å². The number of rotatable bonds is 6. The lowest BCUT2D eigenvalue weighted by Crippen LogP contribution is -2.32. The minimum absolute atomic E-state index is 0.165. The van der Waals surface area contributed by atoms with Gasteiger partial charge in [-0.25, -0.2) is 0 Å². The van der Waals surface area contributed by atoms with Gasteiger partial charge in [-0.15, -0.1) is 0 Å². The molecular weight excluding hydrogens is 164 g/mol. The maximum absolute atomic E-state index is 11.5. The van der Waals surface area contributed by atoms with Crippen molar-refractivity contribution in [2.75, 3.05) is 20.6 Å². The van der Waals surface area contributed by atoms with Crippen LogP contribution >= 0.6 is 0 Å². The third-order valence-corrected chi connectivity index (χ3v) is 2.53. The molecule has 13 heavy (non-hydrogen) atoms. The van der Waals surface area contributed by atoms with Gasteiger partial charge >= 0.3 is 0 Å². The Bertz CT molecular complexity index is 176. The zero-order valence-corrected chi connectivity index (χ0v) is 8.62. The predicted octanol–water partition coefficient (Wildman–Crippen LogP) is 0.635. The molecule has 76 valence electrons. The second-order valence-electron chi connectivity index (χ2n) is 4.24. The highest BCUT2D eigenvalue weighted by Gasteiger charge is 2.32. The molecule has 0 unspecified atom stereocenters. The third-order valence-electron chi connectivity index (χ3n) is 2.53. The first kappa shape index (κ1) is 10.7. The van der Waals surface area contributed by atoms with Crippen LogP contribution in [0, 0.1) is 5.92 Å². The van der Waals surface area contributed by atoms with E-state index in [4.69, 9.17) is 5.73 Å². The molecule has 1 rings (SSSR count). The molecule has 0 bridgehead atoms. The van der Waals surface area contributed by atoms with Gasteiger partial charge in [-0.1, -0.05) is 0 Å². The highest BCUT2D eigenvalue weighted by Crippen LogP contribution is 2.32. The van der Waals surface area contributed by atoms with Gasteiger partial charge in [0.15, 0.2) is 0 Å². The molecule has 0 amide bonds. The normalized spacial score (nSPS) is 19.1. The summed E-state index contributed by atoms with van der Waals surface area (Å²) in [5.74, 6) is 0.760. The van der Waals surface area contributed by atoms with Crippen molar-refractivity contribution in [3.05, 3.63) is 0 Å². The smallest absolute Gasteiger partial charge is 0.149 e. The Morgan fingerprint density at radius 2 is 2.15 bits per heavy atom. The summed E-state index contributed by atoms with van der Waals surface area (Å²) in [4.78, 5) is 13.6. The van der Waals surface area contributed by atoms with Crippen molar-refractivity contribution in [3.8, 4) is 0 Å². The van der Waals surface area contributed by atoms with E-state index in [2.05, 4.69) is 4.90 Å². The minimum atomic E-state index is -0.165. The Hall–Kier alpha value is -0.410. The van der Waals surface area contributed by atoms with Crippen LogP contribution in [0.25, 0.3) is 0 Å². The summed E-state index contributed by atoms with van der Waals surface area (Å²) in [7, 11) is 4.04. The molecule has 0 saturated heterocycles. The van der Waals surface area contributed by atoms with Crippen molar-refractivity contribution in [2.24, 2.45) is 11.7 Å². The number of carbonyl (C=O) groups excluding carboxylic acids is 1. The van der Waals surface area contributed by atoms with Crippen LogP contribution in [0.2, 0.25) is 0 Å². The first-order valence-corrected chi connectivity index (χ1v) is 5.04. The first-order valence-electron chi connectivity index (χ1n) is 5.04. The van der Waals surface area contributed by atoms with E-state index in [9.17, 15) is 4.79 Å². The zero-order chi connectivity index (χ0) is 9.84. The van der Waals surface area contributed by atoms with Crippen LogP contribution in [0.5, 0.6) is 0 Å². The molecule has 0 aromatic carbocycles. The molecule has 0 spiro atoms. The summed E-state index contributed by atoms with van der Waals surface area (Å²) in [5.41, 5.74) is 5.78. The SMILES string of the molecule is CN(C)CCCC(=O)[C@@H](N)C1CC1. The Kier molecular flexibility index (Phi) is 3.88. The molecule has 1 fully saturated rings. The fourth-order valence-electron chi connectivity index (χ4n) is 1.45. The maximum Gasteiger partial charge on any atom is 0.149 e. The van der Waals surface area contributed by atoms with Crippen LogP contribution in [0.15, 0.2) is 0 Å². The second kappa shape index (κ2) is 4.72.